The SMILES string of the molecule is CON(C)C(=O)Nc1ccc(-c2noc(C(F)(F)F)n2)nc1. The van der Waals surface area contributed by atoms with Gasteiger partial charge >= 0.3 is 18.1 Å². The van der Waals surface area contributed by atoms with E-state index >= 15 is 0 Å². The van der Waals surface area contributed by atoms with Crippen molar-refractivity contribution in [1.82, 2.24) is 20.2 Å². The van der Waals surface area contributed by atoms with E-state index in [1.54, 1.807) is 0 Å². The number of nitrogens with zero attached hydrogens (tertiary/aromatic N) is 4. The van der Waals surface area contributed by atoms with Crippen LogP contribution in [0.2, 0.25) is 0 Å². The van der Waals surface area contributed by atoms with Gasteiger partial charge in [0, 0.05) is 7.05 Å². The number of hydrogen-bond acceptors (Lipinski definition) is 6. The number of alkyl halides is 3. The molecule has 22 heavy (non-hydrogen) atoms. The number of nitrogens with one attached hydrogen (secondary N) is 1. The molecule has 0 aliphatic rings. The van der Waals surface area contributed by atoms with Gasteiger partial charge in [-0.1, -0.05) is 5.16 Å². The van der Waals surface area contributed by atoms with Crippen LogP contribution in [0.4, 0.5) is 23.7 Å². The van der Waals surface area contributed by atoms with Crippen molar-refractivity contribution < 1.29 is 27.3 Å². The second kappa shape index (κ2) is 5.97. The van der Waals surface area contributed by atoms with Gasteiger partial charge in [-0.25, -0.2) is 9.86 Å². The summed E-state index contributed by atoms with van der Waals surface area (Å²) in [6.45, 7) is 0. The van der Waals surface area contributed by atoms with Crippen molar-refractivity contribution in [3.63, 3.8) is 0 Å². The second-order valence-electron chi connectivity index (χ2n) is 3.96. The first kappa shape index (κ1) is 15.7. The highest BCUT2D eigenvalue weighted by atomic mass is 19.4. The average molecular weight is 317 g/mol. The fourth-order valence-corrected chi connectivity index (χ4v) is 1.33. The van der Waals surface area contributed by atoms with Crippen LogP contribution in [0.3, 0.4) is 0 Å². The number of amides is 2. The maximum atomic E-state index is 12.4. The fourth-order valence-electron chi connectivity index (χ4n) is 1.33. The monoisotopic (exact) mass is 317 g/mol. The molecule has 0 saturated carbocycles. The normalized spacial score (nSPS) is 11.3. The molecule has 0 aromatic carbocycles. The first-order valence-corrected chi connectivity index (χ1v) is 5.77. The van der Waals surface area contributed by atoms with Gasteiger partial charge in [-0.3, -0.25) is 9.82 Å². The molecule has 0 saturated heterocycles. The molecule has 0 aliphatic carbocycles. The third-order valence-electron chi connectivity index (χ3n) is 2.47. The van der Waals surface area contributed by atoms with Gasteiger partial charge in [0.2, 0.25) is 5.82 Å². The molecule has 2 amide bonds. The van der Waals surface area contributed by atoms with Crippen molar-refractivity contribution in [2.75, 3.05) is 19.5 Å². The Bertz CT molecular complexity index is 656. The van der Waals surface area contributed by atoms with Crippen molar-refractivity contribution in [2.24, 2.45) is 0 Å². The van der Waals surface area contributed by atoms with Crippen LogP contribution in [0, 0.1) is 0 Å². The Morgan fingerprint density at radius 3 is 2.64 bits per heavy atom. The van der Waals surface area contributed by atoms with Crippen molar-refractivity contribution in [3.05, 3.63) is 24.2 Å². The summed E-state index contributed by atoms with van der Waals surface area (Å²) in [5, 5.41) is 6.60. The van der Waals surface area contributed by atoms with Crippen LogP contribution >= 0.6 is 0 Å². The molecule has 2 aromatic heterocycles. The van der Waals surface area contributed by atoms with E-state index in [-0.39, 0.29) is 11.5 Å². The van der Waals surface area contributed by atoms with Crippen LogP contribution in [0.5, 0.6) is 0 Å². The minimum absolute atomic E-state index is 0.0670. The Hall–Kier alpha value is -2.69. The molecule has 118 valence electrons. The number of hydroxylamine groups is 2. The van der Waals surface area contributed by atoms with Gasteiger partial charge in [0.05, 0.1) is 19.0 Å². The highest BCUT2D eigenvalue weighted by molar-refractivity contribution is 5.88. The second-order valence-corrected chi connectivity index (χ2v) is 3.96. The maximum absolute atomic E-state index is 12.4. The number of rotatable bonds is 3. The molecule has 1 N–H and O–H groups in total. The topological polar surface area (TPSA) is 93.4 Å². The predicted octanol–water partition coefficient (Wildman–Crippen LogP) is 2.18. The molecule has 0 spiro atoms. The molecule has 0 fully saturated rings. The molecule has 0 bridgehead atoms. The summed E-state index contributed by atoms with van der Waals surface area (Å²) in [6.07, 6.45) is -3.48. The summed E-state index contributed by atoms with van der Waals surface area (Å²) in [7, 11) is 2.71. The van der Waals surface area contributed by atoms with Crippen molar-refractivity contribution in [2.45, 2.75) is 6.18 Å². The zero-order chi connectivity index (χ0) is 16.3. The van der Waals surface area contributed by atoms with E-state index in [1.165, 1.54) is 32.5 Å². The van der Waals surface area contributed by atoms with E-state index in [0.29, 0.717) is 5.69 Å². The van der Waals surface area contributed by atoms with Gasteiger partial charge in [-0.05, 0) is 12.1 Å². The molecular weight excluding hydrogens is 307 g/mol. The third kappa shape index (κ3) is 3.49. The van der Waals surface area contributed by atoms with Crippen molar-refractivity contribution in [1.29, 1.82) is 0 Å². The van der Waals surface area contributed by atoms with Gasteiger partial charge in [-0.2, -0.15) is 18.2 Å². The number of carbonyl (C=O) groups excluding carboxylic acids is 1. The number of aromatic nitrogens is 3. The van der Waals surface area contributed by atoms with Crippen LogP contribution in [0.1, 0.15) is 5.89 Å². The lowest BCUT2D eigenvalue weighted by atomic mass is 10.3. The van der Waals surface area contributed by atoms with E-state index in [2.05, 4.69) is 29.8 Å². The number of halogens is 3. The standard InChI is InChI=1S/C11H10F3N5O3/c1-19(21-2)10(20)16-6-3-4-7(15-5-6)8-17-9(22-18-8)11(12,13)14/h3-5H,1-2H3,(H,16,20). The zero-order valence-corrected chi connectivity index (χ0v) is 11.4. The number of urea groups is 1. The van der Waals surface area contributed by atoms with Crippen LogP contribution in [-0.4, -0.2) is 40.4 Å². The maximum Gasteiger partial charge on any atom is 0.471 e. The van der Waals surface area contributed by atoms with Gasteiger partial charge < -0.3 is 9.84 Å². The first-order chi connectivity index (χ1) is 10.3. The molecule has 8 nitrogen and oxygen atoms in total. The molecule has 0 unspecified atom stereocenters. The Balaban J connectivity index is 2.12. The van der Waals surface area contributed by atoms with Gasteiger partial charge in [0.25, 0.3) is 0 Å². The largest absolute Gasteiger partial charge is 0.471 e. The lowest BCUT2D eigenvalue weighted by molar-refractivity contribution is -0.159. The Labute approximate surface area is 121 Å². The molecule has 2 rings (SSSR count). The summed E-state index contributed by atoms with van der Waals surface area (Å²) in [4.78, 5) is 23.2. The molecule has 0 aliphatic heterocycles. The molecule has 0 atom stereocenters. The smallest absolute Gasteiger partial charge is 0.329 e. The average Bonchev–Trinajstić information content (AvgIpc) is 2.97. The lowest BCUT2D eigenvalue weighted by Gasteiger charge is -2.14. The highest BCUT2D eigenvalue weighted by Crippen LogP contribution is 2.29. The van der Waals surface area contributed by atoms with E-state index in [1.807, 2.05) is 0 Å². The van der Waals surface area contributed by atoms with Crippen LogP contribution < -0.4 is 5.32 Å². The number of hydrogen-bond donors (Lipinski definition) is 1. The third-order valence-corrected chi connectivity index (χ3v) is 2.47. The van der Waals surface area contributed by atoms with Crippen molar-refractivity contribution >= 4 is 11.7 Å². The summed E-state index contributed by atoms with van der Waals surface area (Å²) in [5.41, 5.74) is 0.384. The first-order valence-electron chi connectivity index (χ1n) is 5.77. The number of carbonyl (C=O) groups is 1. The zero-order valence-electron chi connectivity index (χ0n) is 11.4. The van der Waals surface area contributed by atoms with Crippen LogP contribution in [-0.2, 0) is 11.0 Å². The van der Waals surface area contributed by atoms with Crippen molar-refractivity contribution in [3.8, 4) is 11.5 Å². The minimum Gasteiger partial charge on any atom is -0.329 e. The summed E-state index contributed by atoms with van der Waals surface area (Å²) < 4.78 is 41.2. The highest BCUT2D eigenvalue weighted by Gasteiger charge is 2.38. The quantitative estimate of drug-likeness (QED) is 0.872. The summed E-state index contributed by atoms with van der Waals surface area (Å²) in [5.74, 6) is -1.76. The molecule has 2 aromatic rings. The van der Waals surface area contributed by atoms with E-state index in [0.717, 1.165) is 5.06 Å². The number of anilines is 1. The van der Waals surface area contributed by atoms with E-state index in [4.69, 9.17) is 0 Å². The van der Waals surface area contributed by atoms with Gasteiger partial charge in [-0.15, -0.1) is 0 Å². The Kier molecular flexibility index (Phi) is 4.26. The predicted molar refractivity (Wildman–Crippen MR) is 66.3 cm³/mol. The molecule has 11 heteroatoms. The van der Waals surface area contributed by atoms with Crippen LogP contribution in [0.25, 0.3) is 11.5 Å². The van der Waals surface area contributed by atoms with Crippen LogP contribution in [0.15, 0.2) is 22.9 Å². The molecule has 0 radical (unpaired) electrons. The summed E-state index contributed by atoms with van der Waals surface area (Å²) >= 11 is 0. The molecular formula is C11H10F3N5O3. The van der Waals surface area contributed by atoms with E-state index < -0.39 is 18.1 Å². The molecule has 2 heterocycles. The fraction of sp³-hybridized carbons (Fsp3) is 0.273. The lowest BCUT2D eigenvalue weighted by Crippen LogP contribution is -2.30. The van der Waals surface area contributed by atoms with Gasteiger partial charge in [0.15, 0.2) is 0 Å². The summed E-state index contributed by atoms with van der Waals surface area (Å²) in [6, 6.07) is 2.22. The minimum atomic E-state index is -4.72. The van der Waals surface area contributed by atoms with Gasteiger partial charge in [0.1, 0.15) is 5.69 Å². The number of pyridine rings is 1. The Morgan fingerprint density at radius 2 is 2.14 bits per heavy atom. The Morgan fingerprint density at radius 1 is 1.41 bits per heavy atom. The van der Waals surface area contributed by atoms with E-state index in [9.17, 15) is 18.0 Å².